The van der Waals surface area contributed by atoms with Crippen LogP contribution < -0.4 is 0 Å². The van der Waals surface area contributed by atoms with E-state index in [9.17, 15) is 0 Å². The summed E-state index contributed by atoms with van der Waals surface area (Å²) in [4.78, 5) is 0. The topological polar surface area (TPSA) is 17.8 Å². The Balaban J connectivity index is 1.82. The molecular weight excluding hydrogens is 232 g/mol. The Morgan fingerprint density at radius 2 is 2.24 bits per heavy atom. The van der Waals surface area contributed by atoms with E-state index in [0.717, 1.165) is 31.7 Å². The maximum absolute atomic E-state index is 6.33. The van der Waals surface area contributed by atoms with Crippen LogP contribution in [0.25, 0.3) is 0 Å². The zero-order chi connectivity index (χ0) is 12.3. The lowest BCUT2D eigenvalue weighted by molar-refractivity contribution is 0.580. The Hall–Kier alpha value is -0.500. The smallest absolute Gasteiger partial charge is 0.0624 e. The van der Waals surface area contributed by atoms with E-state index in [0.29, 0.717) is 5.38 Å². The van der Waals surface area contributed by atoms with Gasteiger partial charge in [0.15, 0.2) is 0 Å². The van der Waals surface area contributed by atoms with Crippen molar-refractivity contribution in [1.29, 1.82) is 0 Å². The van der Waals surface area contributed by atoms with Gasteiger partial charge in [0.25, 0.3) is 0 Å². The zero-order valence-corrected chi connectivity index (χ0v) is 11.7. The van der Waals surface area contributed by atoms with Crippen molar-refractivity contribution in [3.05, 3.63) is 17.5 Å². The summed E-state index contributed by atoms with van der Waals surface area (Å²) in [6.45, 7) is 5.29. The molecule has 0 aromatic carbocycles. The average Bonchev–Trinajstić information content (AvgIpc) is 3.11. The minimum absolute atomic E-state index is 0.415. The van der Waals surface area contributed by atoms with Gasteiger partial charge in [-0.3, -0.25) is 4.68 Å². The Labute approximate surface area is 109 Å². The minimum Gasteiger partial charge on any atom is -0.270 e. The lowest BCUT2D eigenvalue weighted by Gasteiger charge is -2.08. The molecule has 0 radical (unpaired) electrons. The summed E-state index contributed by atoms with van der Waals surface area (Å²) in [6.07, 6.45) is 7.20. The lowest BCUT2D eigenvalue weighted by atomic mass is 10.1. The third-order valence-corrected chi connectivity index (χ3v) is 4.20. The van der Waals surface area contributed by atoms with Crippen LogP contribution in [0, 0.1) is 5.92 Å². The molecule has 3 heteroatoms. The van der Waals surface area contributed by atoms with Crippen LogP contribution in [0.3, 0.4) is 0 Å². The van der Waals surface area contributed by atoms with Crippen molar-refractivity contribution in [2.24, 2.45) is 5.92 Å². The number of rotatable bonds is 7. The van der Waals surface area contributed by atoms with Gasteiger partial charge >= 0.3 is 0 Å². The number of aryl methyl sites for hydroxylation is 3. The largest absolute Gasteiger partial charge is 0.270 e. The highest BCUT2D eigenvalue weighted by Crippen LogP contribution is 2.37. The van der Waals surface area contributed by atoms with Gasteiger partial charge in [0.1, 0.15) is 0 Å². The number of halogens is 1. The van der Waals surface area contributed by atoms with Gasteiger partial charge in [0.05, 0.1) is 5.69 Å². The molecular formula is C14H23ClN2. The first-order chi connectivity index (χ1) is 8.24. The molecule has 1 aromatic heterocycles. The van der Waals surface area contributed by atoms with Crippen LogP contribution in [0.5, 0.6) is 0 Å². The molecule has 1 fully saturated rings. The van der Waals surface area contributed by atoms with E-state index in [-0.39, 0.29) is 0 Å². The number of hydrogen-bond acceptors (Lipinski definition) is 1. The summed E-state index contributed by atoms with van der Waals surface area (Å²) in [6, 6.07) is 2.25. The summed E-state index contributed by atoms with van der Waals surface area (Å²) in [7, 11) is 0. The normalized spacial score (nSPS) is 17.4. The summed E-state index contributed by atoms with van der Waals surface area (Å²) in [5.74, 6) is 0.818. The van der Waals surface area contributed by atoms with Gasteiger partial charge in [-0.1, -0.05) is 6.92 Å². The van der Waals surface area contributed by atoms with Gasteiger partial charge < -0.3 is 0 Å². The number of aromatic nitrogens is 2. The number of alkyl halides is 1. The molecule has 1 aliphatic rings. The van der Waals surface area contributed by atoms with Gasteiger partial charge in [0, 0.05) is 17.6 Å². The van der Waals surface area contributed by atoms with E-state index in [1.165, 1.54) is 30.7 Å². The van der Waals surface area contributed by atoms with Crippen molar-refractivity contribution in [3.8, 4) is 0 Å². The van der Waals surface area contributed by atoms with E-state index >= 15 is 0 Å². The van der Waals surface area contributed by atoms with Crippen LogP contribution in [0.1, 0.15) is 50.9 Å². The Bertz CT molecular complexity index is 355. The maximum Gasteiger partial charge on any atom is 0.0624 e. The first-order valence-corrected chi connectivity index (χ1v) is 7.37. The van der Waals surface area contributed by atoms with Crippen molar-refractivity contribution in [2.45, 2.75) is 64.3 Å². The molecule has 96 valence electrons. The molecule has 1 aliphatic carbocycles. The Morgan fingerprint density at radius 1 is 1.47 bits per heavy atom. The highest BCUT2D eigenvalue weighted by molar-refractivity contribution is 6.20. The molecule has 0 amide bonds. The first-order valence-electron chi connectivity index (χ1n) is 6.94. The van der Waals surface area contributed by atoms with Crippen molar-refractivity contribution in [1.82, 2.24) is 9.78 Å². The predicted octanol–water partition coefficient (Wildman–Crippen LogP) is 3.81. The number of hydrogen-bond donors (Lipinski definition) is 0. The molecule has 1 aromatic rings. The molecule has 1 unspecified atom stereocenters. The van der Waals surface area contributed by atoms with E-state index in [1.54, 1.807) is 0 Å². The van der Waals surface area contributed by atoms with Crippen molar-refractivity contribution < 1.29 is 0 Å². The van der Waals surface area contributed by atoms with E-state index < -0.39 is 0 Å². The SMILES string of the molecule is CCc1cc(CCCC(Cl)C2CC2)n(CC)n1. The predicted molar refractivity (Wildman–Crippen MR) is 72.6 cm³/mol. The molecule has 0 bridgehead atoms. The van der Waals surface area contributed by atoms with E-state index in [2.05, 4.69) is 29.7 Å². The fourth-order valence-corrected chi connectivity index (χ4v) is 2.74. The highest BCUT2D eigenvalue weighted by Gasteiger charge is 2.29. The second-order valence-corrected chi connectivity index (χ2v) is 5.60. The zero-order valence-electron chi connectivity index (χ0n) is 11.0. The number of nitrogens with zero attached hydrogens (tertiary/aromatic N) is 2. The third kappa shape index (κ3) is 3.48. The molecule has 0 spiro atoms. The molecule has 0 saturated heterocycles. The first kappa shape index (κ1) is 12.9. The van der Waals surface area contributed by atoms with Gasteiger partial charge in [-0.05, 0) is 57.4 Å². The molecule has 1 heterocycles. The summed E-state index contributed by atoms with van der Waals surface area (Å²) >= 11 is 6.33. The van der Waals surface area contributed by atoms with Crippen LogP contribution in [-0.2, 0) is 19.4 Å². The fraction of sp³-hybridized carbons (Fsp3) is 0.786. The minimum atomic E-state index is 0.415. The van der Waals surface area contributed by atoms with E-state index in [1.807, 2.05) is 0 Å². The summed E-state index contributed by atoms with van der Waals surface area (Å²) in [5.41, 5.74) is 2.59. The monoisotopic (exact) mass is 254 g/mol. The van der Waals surface area contributed by atoms with Crippen LogP contribution in [0.2, 0.25) is 0 Å². The molecule has 2 rings (SSSR count). The maximum atomic E-state index is 6.33. The molecule has 1 saturated carbocycles. The fourth-order valence-electron chi connectivity index (χ4n) is 2.33. The van der Waals surface area contributed by atoms with Crippen LogP contribution in [0.15, 0.2) is 6.07 Å². The Morgan fingerprint density at radius 3 is 2.82 bits per heavy atom. The van der Waals surface area contributed by atoms with Crippen LogP contribution >= 0.6 is 11.6 Å². The van der Waals surface area contributed by atoms with Gasteiger partial charge in [-0.15, -0.1) is 11.6 Å². The van der Waals surface area contributed by atoms with Crippen molar-refractivity contribution in [2.75, 3.05) is 0 Å². The lowest BCUT2D eigenvalue weighted by Crippen LogP contribution is -2.05. The van der Waals surface area contributed by atoms with E-state index in [4.69, 9.17) is 11.6 Å². The highest BCUT2D eigenvalue weighted by atomic mass is 35.5. The van der Waals surface area contributed by atoms with Crippen LogP contribution in [0.4, 0.5) is 0 Å². The summed E-state index contributed by atoms with van der Waals surface area (Å²) < 4.78 is 2.14. The summed E-state index contributed by atoms with van der Waals surface area (Å²) in [5, 5.41) is 4.99. The quantitative estimate of drug-likeness (QED) is 0.677. The molecule has 17 heavy (non-hydrogen) atoms. The molecule has 1 atom stereocenters. The average molecular weight is 255 g/mol. The third-order valence-electron chi connectivity index (χ3n) is 3.62. The second-order valence-electron chi connectivity index (χ2n) is 5.04. The molecule has 0 aliphatic heterocycles. The van der Waals surface area contributed by atoms with Gasteiger partial charge in [-0.25, -0.2) is 0 Å². The molecule has 0 N–H and O–H groups in total. The second kappa shape index (κ2) is 5.90. The molecule has 2 nitrogen and oxygen atoms in total. The van der Waals surface area contributed by atoms with Gasteiger partial charge in [0.2, 0.25) is 0 Å². The standard InChI is InChI=1S/C14H23ClN2/c1-3-12-10-13(17(4-2)16-12)6-5-7-14(15)11-8-9-11/h10-11,14H,3-9H2,1-2H3. The van der Waals surface area contributed by atoms with Crippen molar-refractivity contribution in [3.63, 3.8) is 0 Å². The Kier molecular flexibility index (Phi) is 4.49. The van der Waals surface area contributed by atoms with Crippen LogP contribution in [-0.4, -0.2) is 15.2 Å². The van der Waals surface area contributed by atoms with Gasteiger partial charge in [-0.2, -0.15) is 5.10 Å². The van der Waals surface area contributed by atoms with Crippen molar-refractivity contribution >= 4 is 11.6 Å².